The van der Waals surface area contributed by atoms with Crippen LogP contribution in [0, 0.1) is 0 Å². The summed E-state index contributed by atoms with van der Waals surface area (Å²) in [6.45, 7) is 4.15. The Balaban J connectivity index is 1.95. The summed E-state index contributed by atoms with van der Waals surface area (Å²) in [5.41, 5.74) is 1.14. The zero-order valence-electron chi connectivity index (χ0n) is 11.2. The van der Waals surface area contributed by atoms with E-state index in [1.54, 1.807) is 13.0 Å². The minimum atomic E-state index is -0.341. The van der Waals surface area contributed by atoms with Gasteiger partial charge in [0.2, 0.25) is 0 Å². The van der Waals surface area contributed by atoms with Crippen LogP contribution in [0.3, 0.4) is 0 Å². The molecule has 4 nitrogen and oxygen atoms in total. The minimum absolute atomic E-state index is 0.341. The lowest BCUT2D eigenvalue weighted by molar-refractivity contribution is -0.137. The molecule has 0 amide bonds. The Kier molecular flexibility index (Phi) is 8.34. The predicted molar refractivity (Wildman–Crippen MR) is 72.7 cm³/mol. The van der Waals surface area contributed by atoms with Crippen LogP contribution in [-0.4, -0.2) is 32.4 Å². The highest BCUT2D eigenvalue weighted by molar-refractivity contribution is 5.81. The first-order valence-corrected chi connectivity index (χ1v) is 6.35. The quantitative estimate of drug-likeness (QED) is 0.390. The van der Waals surface area contributed by atoms with Crippen molar-refractivity contribution >= 4 is 5.97 Å². The summed E-state index contributed by atoms with van der Waals surface area (Å²) in [7, 11) is 0. The van der Waals surface area contributed by atoms with Gasteiger partial charge in [0.25, 0.3) is 0 Å². The molecule has 0 aliphatic heterocycles. The average Bonchev–Trinajstić information content (AvgIpc) is 2.43. The maximum atomic E-state index is 10.9. The van der Waals surface area contributed by atoms with Crippen molar-refractivity contribution in [1.29, 1.82) is 0 Å². The lowest BCUT2D eigenvalue weighted by atomic mass is 10.2. The zero-order chi connectivity index (χ0) is 13.8. The Morgan fingerprint density at radius 3 is 2.63 bits per heavy atom. The van der Waals surface area contributed by atoms with Crippen LogP contribution >= 0.6 is 0 Å². The predicted octanol–water partition coefficient (Wildman–Crippen LogP) is 2.34. The van der Waals surface area contributed by atoms with E-state index in [0.717, 1.165) is 5.56 Å². The maximum absolute atomic E-state index is 10.9. The van der Waals surface area contributed by atoms with E-state index in [1.165, 1.54) is 6.08 Å². The van der Waals surface area contributed by atoms with Crippen molar-refractivity contribution in [2.24, 2.45) is 0 Å². The number of ether oxygens (including phenoxy) is 3. The van der Waals surface area contributed by atoms with Crippen molar-refractivity contribution in [3.63, 3.8) is 0 Å². The summed E-state index contributed by atoms with van der Waals surface area (Å²) < 4.78 is 15.5. The van der Waals surface area contributed by atoms with Crippen molar-refractivity contribution in [3.8, 4) is 0 Å². The average molecular weight is 264 g/mol. The Bertz CT molecular complexity index is 373. The van der Waals surface area contributed by atoms with Crippen molar-refractivity contribution in [2.75, 3.05) is 26.4 Å². The second kappa shape index (κ2) is 10.3. The van der Waals surface area contributed by atoms with Gasteiger partial charge < -0.3 is 14.2 Å². The lowest BCUT2D eigenvalue weighted by Gasteiger charge is -2.04. The highest BCUT2D eigenvalue weighted by Gasteiger charge is 1.93. The Morgan fingerprint density at radius 1 is 1.16 bits per heavy atom. The summed E-state index contributed by atoms with van der Waals surface area (Å²) in [5, 5.41) is 0. The molecule has 0 unspecified atom stereocenters. The van der Waals surface area contributed by atoms with Gasteiger partial charge in [-0.25, -0.2) is 4.79 Å². The summed E-state index contributed by atoms with van der Waals surface area (Å²) in [4.78, 5) is 10.9. The second-order valence-electron chi connectivity index (χ2n) is 3.77. The van der Waals surface area contributed by atoms with Crippen molar-refractivity contribution in [2.45, 2.75) is 13.5 Å². The first kappa shape index (κ1) is 15.4. The molecular formula is C15H20O4. The number of rotatable bonds is 9. The van der Waals surface area contributed by atoms with E-state index in [4.69, 9.17) is 14.2 Å². The summed E-state index contributed by atoms with van der Waals surface area (Å²) >= 11 is 0. The Hall–Kier alpha value is -1.65. The van der Waals surface area contributed by atoms with Crippen molar-refractivity contribution < 1.29 is 19.0 Å². The van der Waals surface area contributed by atoms with Crippen molar-refractivity contribution in [3.05, 3.63) is 48.0 Å². The highest BCUT2D eigenvalue weighted by atomic mass is 16.5. The zero-order valence-corrected chi connectivity index (χ0v) is 11.2. The second-order valence-corrected chi connectivity index (χ2v) is 3.77. The van der Waals surface area contributed by atoms with Gasteiger partial charge in [0.15, 0.2) is 0 Å². The van der Waals surface area contributed by atoms with Gasteiger partial charge in [-0.1, -0.05) is 36.4 Å². The van der Waals surface area contributed by atoms with E-state index in [2.05, 4.69) is 0 Å². The molecular weight excluding hydrogens is 244 g/mol. The highest BCUT2D eigenvalue weighted by Crippen LogP contribution is 1.99. The first-order chi connectivity index (χ1) is 9.33. The summed E-state index contributed by atoms with van der Waals surface area (Å²) in [6, 6.07) is 9.97. The number of esters is 1. The van der Waals surface area contributed by atoms with Crippen LogP contribution in [0.5, 0.6) is 0 Å². The molecule has 0 N–H and O–H groups in total. The molecule has 0 bridgehead atoms. The fourth-order valence-corrected chi connectivity index (χ4v) is 1.37. The van der Waals surface area contributed by atoms with Gasteiger partial charge in [0.05, 0.1) is 33.0 Å². The van der Waals surface area contributed by atoms with E-state index in [0.29, 0.717) is 33.0 Å². The molecule has 104 valence electrons. The van der Waals surface area contributed by atoms with Crippen LogP contribution < -0.4 is 0 Å². The summed E-state index contributed by atoms with van der Waals surface area (Å²) in [5.74, 6) is -0.341. The van der Waals surface area contributed by atoms with Crippen LogP contribution in [0.25, 0.3) is 0 Å². The fraction of sp³-hybridized carbons (Fsp3) is 0.400. The van der Waals surface area contributed by atoms with E-state index < -0.39 is 0 Å². The molecule has 19 heavy (non-hydrogen) atoms. The fourth-order valence-electron chi connectivity index (χ4n) is 1.37. The van der Waals surface area contributed by atoms with Crippen molar-refractivity contribution in [1.82, 2.24) is 0 Å². The molecule has 0 aliphatic carbocycles. The van der Waals surface area contributed by atoms with Gasteiger partial charge >= 0.3 is 5.97 Å². The molecule has 0 radical (unpaired) electrons. The van der Waals surface area contributed by atoms with Gasteiger partial charge in [0.1, 0.15) is 0 Å². The molecule has 0 aromatic heterocycles. The molecule has 0 saturated carbocycles. The molecule has 1 aromatic carbocycles. The van der Waals surface area contributed by atoms with Crippen LogP contribution in [0.4, 0.5) is 0 Å². The smallest absolute Gasteiger partial charge is 0.330 e. The van der Waals surface area contributed by atoms with Crippen LogP contribution in [0.1, 0.15) is 12.5 Å². The largest absolute Gasteiger partial charge is 0.463 e. The SMILES string of the molecule is CCOC(=O)/C=C/COCCOCc1ccccc1. The Morgan fingerprint density at radius 2 is 1.89 bits per heavy atom. The molecule has 0 heterocycles. The molecule has 4 heteroatoms. The topological polar surface area (TPSA) is 44.8 Å². The first-order valence-electron chi connectivity index (χ1n) is 6.35. The maximum Gasteiger partial charge on any atom is 0.330 e. The molecule has 1 aromatic rings. The van der Waals surface area contributed by atoms with Gasteiger partial charge in [-0.3, -0.25) is 0 Å². The summed E-state index contributed by atoms with van der Waals surface area (Å²) in [6.07, 6.45) is 3.00. The Labute approximate surface area is 114 Å². The van der Waals surface area contributed by atoms with E-state index in [9.17, 15) is 4.79 Å². The molecule has 0 spiro atoms. The lowest BCUT2D eigenvalue weighted by Crippen LogP contribution is -2.05. The van der Waals surface area contributed by atoms with E-state index >= 15 is 0 Å². The number of benzene rings is 1. The molecule has 0 saturated heterocycles. The van der Waals surface area contributed by atoms with Crippen LogP contribution in [0.2, 0.25) is 0 Å². The number of carbonyl (C=O) groups excluding carboxylic acids is 1. The van der Waals surface area contributed by atoms with Gasteiger partial charge in [-0.15, -0.1) is 0 Å². The normalized spacial score (nSPS) is 10.8. The van der Waals surface area contributed by atoms with Gasteiger partial charge in [-0.05, 0) is 12.5 Å². The molecule has 0 atom stereocenters. The van der Waals surface area contributed by atoms with E-state index in [-0.39, 0.29) is 5.97 Å². The number of hydrogen-bond acceptors (Lipinski definition) is 4. The van der Waals surface area contributed by atoms with Gasteiger partial charge in [0, 0.05) is 6.08 Å². The standard InChI is InChI=1S/C15H20O4/c1-2-19-15(16)9-6-10-17-11-12-18-13-14-7-4-3-5-8-14/h3-9H,2,10-13H2,1H3/b9-6+. The third-order valence-electron chi connectivity index (χ3n) is 2.24. The van der Waals surface area contributed by atoms with Gasteiger partial charge in [-0.2, -0.15) is 0 Å². The third-order valence-corrected chi connectivity index (χ3v) is 2.24. The minimum Gasteiger partial charge on any atom is -0.463 e. The number of carbonyl (C=O) groups is 1. The molecule has 0 aliphatic rings. The van der Waals surface area contributed by atoms with Crippen LogP contribution in [0.15, 0.2) is 42.5 Å². The van der Waals surface area contributed by atoms with E-state index in [1.807, 2.05) is 30.3 Å². The third kappa shape index (κ3) is 8.13. The monoisotopic (exact) mass is 264 g/mol. The molecule has 1 rings (SSSR count). The number of hydrogen-bond donors (Lipinski definition) is 0. The van der Waals surface area contributed by atoms with Crippen LogP contribution in [-0.2, 0) is 25.6 Å². The molecule has 0 fully saturated rings.